The maximum Gasteiger partial charge on any atom is 0.131 e. The van der Waals surface area contributed by atoms with Crippen LogP contribution in [0.5, 0.6) is 5.75 Å². The van der Waals surface area contributed by atoms with Crippen LogP contribution < -0.4 is 21.1 Å². The molecule has 8 nitrogen and oxygen atoms in total. The van der Waals surface area contributed by atoms with Gasteiger partial charge in [-0.3, -0.25) is 4.98 Å². The van der Waals surface area contributed by atoms with Crippen LogP contribution in [-0.4, -0.2) is 19.9 Å². The summed E-state index contributed by atoms with van der Waals surface area (Å²) in [4.78, 5) is 17.4. The summed E-state index contributed by atoms with van der Waals surface area (Å²) < 4.78 is 6.08. The summed E-state index contributed by atoms with van der Waals surface area (Å²) in [5, 5.41) is 8.98. The summed E-state index contributed by atoms with van der Waals surface area (Å²) >= 11 is 0. The minimum atomic E-state index is 0.445. The molecule has 5 rings (SSSR count). The molecule has 3 aromatic heterocycles. The zero-order valence-corrected chi connectivity index (χ0v) is 22.7. The van der Waals surface area contributed by atoms with Crippen molar-refractivity contribution in [2.75, 3.05) is 16.4 Å². The number of nitrogens with zero attached hydrogens (tertiary/aromatic N) is 4. The minimum Gasteiger partial charge on any atom is -0.487 e. The molecular weight excluding hydrogens is 486 g/mol. The summed E-state index contributed by atoms with van der Waals surface area (Å²) in [5.74, 6) is 2.97. The molecule has 0 spiro atoms. The summed E-state index contributed by atoms with van der Waals surface area (Å²) in [6, 6.07) is 16.2. The molecule has 0 saturated carbocycles. The Morgan fingerprint density at radius 3 is 2.21 bits per heavy atom. The first-order chi connectivity index (χ1) is 18.9. The molecule has 0 amide bonds. The van der Waals surface area contributed by atoms with Gasteiger partial charge in [-0.1, -0.05) is 18.2 Å². The van der Waals surface area contributed by atoms with Gasteiger partial charge in [0, 0.05) is 36.9 Å². The van der Waals surface area contributed by atoms with E-state index in [0.29, 0.717) is 25.5 Å². The summed E-state index contributed by atoms with van der Waals surface area (Å²) in [6.45, 7) is 10.1. The van der Waals surface area contributed by atoms with Crippen molar-refractivity contribution in [2.45, 2.75) is 47.4 Å². The van der Waals surface area contributed by atoms with Crippen molar-refractivity contribution < 1.29 is 4.74 Å². The first-order valence-electron chi connectivity index (χ1n) is 12.9. The fourth-order valence-corrected chi connectivity index (χ4v) is 4.92. The number of hydrogen-bond acceptors (Lipinski definition) is 8. The van der Waals surface area contributed by atoms with Crippen LogP contribution in [0.25, 0.3) is 10.8 Å². The molecule has 198 valence electrons. The molecule has 0 aliphatic carbocycles. The van der Waals surface area contributed by atoms with E-state index in [9.17, 15) is 0 Å². The first kappa shape index (κ1) is 25.9. The predicted molar refractivity (Wildman–Crippen MR) is 157 cm³/mol. The summed E-state index contributed by atoms with van der Waals surface area (Å²) in [6.07, 6.45) is 5.11. The number of nitrogen functional groups attached to an aromatic ring is 1. The molecular formula is C31H33N7O. The third kappa shape index (κ3) is 5.90. The largest absolute Gasteiger partial charge is 0.487 e. The van der Waals surface area contributed by atoms with E-state index in [4.69, 9.17) is 10.5 Å². The SMILES string of the molecule is Cc1cc2c(N)nccc2c(C)c1CNc1cc(NCc2cc(C)c(OCc3ccccn3)c(C)c2)ncn1. The molecule has 0 atom stereocenters. The average molecular weight is 520 g/mol. The van der Waals surface area contributed by atoms with Gasteiger partial charge in [0.1, 0.15) is 36.1 Å². The van der Waals surface area contributed by atoms with Gasteiger partial charge < -0.3 is 21.1 Å². The highest BCUT2D eigenvalue weighted by molar-refractivity contribution is 5.94. The van der Waals surface area contributed by atoms with Crippen LogP contribution in [0, 0.1) is 27.7 Å². The maximum absolute atomic E-state index is 6.10. The number of anilines is 3. The first-order valence-corrected chi connectivity index (χ1v) is 12.9. The van der Waals surface area contributed by atoms with Crippen molar-refractivity contribution in [3.05, 3.63) is 106 Å². The lowest BCUT2D eigenvalue weighted by Crippen LogP contribution is -2.08. The second-order valence-corrected chi connectivity index (χ2v) is 9.75. The third-order valence-electron chi connectivity index (χ3n) is 6.91. The quantitative estimate of drug-likeness (QED) is 0.216. The van der Waals surface area contributed by atoms with Gasteiger partial charge in [0.05, 0.1) is 5.69 Å². The van der Waals surface area contributed by atoms with Crippen LogP contribution in [0.3, 0.4) is 0 Å². The van der Waals surface area contributed by atoms with E-state index >= 15 is 0 Å². The van der Waals surface area contributed by atoms with E-state index < -0.39 is 0 Å². The minimum absolute atomic E-state index is 0.445. The standard InChI is InChI=1S/C31H33N7O/c1-19-13-26-25(8-10-34-31(26)32)22(4)27(19)16-36-29-14-28(37-18-38-29)35-15-23-11-20(2)30(21(3)12-23)39-17-24-7-5-6-9-33-24/h5-14,18H,15-17H2,1-4H3,(H2,32,34)(H2,35,36,37,38). The molecule has 5 aromatic rings. The number of fused-ring (bicyclic) bond motifs is 1. The van der Waals surface area contributed by atoms with E-state index in [1.54, 1.807) is 18.7 Å². The average Bonchev–Trinajstić information content (AvgIpc) is 2.93. The topological polar surface area (TPSA) is 111 Å². The van der Waals surface area contributed by atoms with E-state index in [1.165, 1.54) is 11.1 Å². The maximum atomic E-state index is 6.10. The number of nitrogens with one attached hydrogen (secondary N) is 2. The summed E-state index contributed by atoms with van der Waals surface area (Å²) in [5.41, 5.74) is 13.9. The van der Waals surface area contributed by atoms with Crippen molar-refractivity contribution in [2.24, 2.45) is 0 Å². The highest BCUT2D eigenvalue weighted by Crippen LogP contribution is 2.29. The Bertz CT molecular complexity index is 1600. The number of aromatic nitrogens is 4. The van der Waals surface area contributed by atoms with E-state index in [2.05, 4.69) is 76.5 Å². The Balaban J connectivity index is 1.23. The fourth-order valence-electron chi connectivity index (χ4n) is 4.92. The molecule has 0 radical (unpaired) electrons. The Morgan fingerprint density at radius 2 is 1.49 bits per heavy atom. The van der Waals surface area contributed by atoms with Crippen LogP contribution in [0.2, 0.25) is 0 Å². The Kier molecular flexibility index (Phi) is 7.54. The van der Waals surface area contributed by atoms with Crippen molar-refractivity contribution in [1.29, 1.82) is 0 Å². The van der Waals surface area contributed by atoms with Crippen LogP contribution in [0.4, 0.5) is 17.5 Å². The van der Waals surface area contributed by atoms with Gasteiger partial charge in [-0.25, -0.2) is 15.0 Å². The molecule has 2 aromatic carbocycles. The molecule has 0 saturated heterocycles. The van der Waals surface area contributed by atoms with E-state index in [-0.39, 0.29) is 0 Å². The normalized spacial score (nSPS) is 11.0. The molecule has 0 aliphatic heterocycles. The van der Waals surface area contributed by atoms with Crippen molar-refractivity contribution >= 4 is 28.2 Å². The van der Waals surface area contributed by atoms with Gasteiger partial charge in [-0.15, -0.1) is 0 Å². The van der Waals surface area contributed by atoms with Gasteiger partial charge >= 0.3 is 0 Å². The lowest BCUT2D eigenvalue weighted by Gasteiger charge is -2.16. The van der Waals surface area contributed by atoms with Gasteiger partial charge in [0.25, 0.3) is 0 Å². The number of pyridine rings is 2. The van der Waals surface area contributed by atoms with Gasteiger partial charge in [-0.05, 0) is 90.7 Å². The van der Waals surface area contributed by atoms with Crippen LogP contribution in [0.15, 0.2) is 67.3 Å². The highest BCUT2D eigenvalue weighted by atomic mass is 16.5. The van der Waals surface area contributed by atoms with Crippen LogP contribution >= 0.6 is 0 Å². The van der Waals surface area contributed by atoms with E-state index in [1.807, 2.05) is 30.3 Å². The zero-order chi connectivity index (χ0) is 27.4. The van der Waals surface area contributed by atoms with Gasteiger partial charge in [0.2, 0.25) is 0 Å². The van der Waals surface area contributed by atoms with Crippen molar-refractivity contribution in [3.8, 4) is 5.75 Å². The third-order valence-corrected chi connectivity index (χ3v) is 6.91. The molecule has 4 N–H and O–H groups in total. The number of benzene rings is 2. The zero-order valence-electron chi connectivity index (χ0n) is 22.7. The number of rotatable bonds is 9. The number of ether oxygens (including phenoxy) is 1. The van der Waals surface area contributed by atoms with Crippen LogP contribution in [-0.2, 0) is 19.7 Å². The number of hydrogen-bond donors (Lipinski definition) is 3. The molecule has 3 heterocycles. The van der Waals surface area contributed by atoms with Gasteiger partial charge in [-0.2, -0.15) is 0 Å². The number of aryl methyl sites for hydroxylation is 4. The number of nitrogens with two attached hydrogens (primary N) is 1. The Hall–Kier alpha value is -4.72. The molecule has 0 aliphatic rings. The van der Waals surface area contributed by atoms with Crippen molar-refractivity contribution in [3.63, 3.8) is 0 Å². The molecule has 0 fully saturated rings. The fraction of sp³-hybridized carbons (Fsp3) is 0.226. The molecule has 0 bridgehead atoms. The van der Waals surface area contributed by atoms with E-state index in [0.717, 1.165) is 56.1 Å². The molecule has 39 heavy (non-hydrogen) atoms. The lowest BCUT2D eigenvalue weighted by molar-refractivity contribution is 0.297. The van der Waals surface area contributed by atoms with Crippen LogP contribution in [0.1, 0.15) is 39.1 Å². The molecule has 0 unspecified atom stereocenters. The van der Waals surface area contributed by atoms with Crippen molar-refractivity contribution in [1.82, 2.24) is 19.9 Å². The second-order valence-electron chi connectivity index (χ2n) is 9.75. The predicted octanol–water partition coefficient (Wildman–Crippen LogP) is 6.04. The second kappa shape index (κ2) is 11.3. The smallest absolute Gasteiger partial charge is 0.131 e. The Labute approximate surface area is 228 Å². The Morgan fingerprint density at radius 1 is 0.744 bits per heavy atom. The summed E-state index contributed by atoms with van der Waals surface area (Å²) in [7, 11) is 0. The molecule has 8 heteroatoms. The lowest BCUT2D eigenvalue weighted by atomic mass is 9.96. The van der Waals surface area contributed by atoms with Gasteiger partial charge in [0.15, 0.2) is 0 Å². The highest BCUT2D eigenvalue weighted by Gasteiger charge is 2.11. The monoisotopic (exact) mass is 519 g/mol.